The molecule has 20 heavy (non-hydrogen) atoms. The topological polar surface area (TPSA) is 56.5 Å². The van der Waals surface area contributed by atoms with Gasteiger partial charge in [-0.3, -0.25) is 9.59 Å². The van der Waals surface area contributed by atoms with E-state index in [2.05, 4.69) is 0 Å². The fourth-order valence-corrected chi connectivity index (χ4v) is 2.40. The van der Waals surface area contributed by atoms with Gasteiger partial charge < -0.3 is 9.15 Å². The number of hydrogen-bond donors (Lipinski definition) is 0. The SMILES string of the molecule is O=Cc1ccc(COc2ccc3c(c2)CCCC3=O)o1. The van der Waals surface area contributed by atoms with Crippen molar-refractivity contribution < 1.29 is 18.7 Å². The van der Waals surface area contributed by atoms with Gasteiger partial charge in [0.05, 0.1) is 0 Å². The normalized spacial score (nSPS) is 13.9. The van der Waals surface area contributed by atoms with E-state index in [1.807, 2.05) is 12.1 Å². The van der Waals surface area contributed by atoms with Crippen molar-refractivity contribution in [2.24, 2.45) is 0 Å². The zero-order valence-electron chi connectivity index (χ0n) is 10.9. The summed E-state index contributed by atoms with van der Waals surface area (Å²) in [5.74, 6) is 1.81. The second kappa shape index (κ2) is 5.33. The van der Waals surface area contributed by atoms with Crippen LogP contribution in [0.25, 0.3) is 0 Å². The lowest BCUT2D eigenvalue weighted by Gasteiger charge is -2.15. The van der Waals surface area contributed by atoms with Gasteiger partial charge >= 0.3 is 0 Å². The van der Waals surface area contributed by atoms with E-state index in [1.54, 1.807) is 18.2 Å². The molecular weight excluding hydrogens is 256 g/mol. The van der Waals surface area contributed by atoms with Crippen LogP contribution in [0, 0.1) is 0 Å². The van der Waals surface area contributed by atoms with E-state index in [1.165, 1.54) is 0 Å². The van der Waals surface area contributed by atoms with Crippen molar-refractivity contribution in [3.63, 3.8) is 0 Å². The van der Waals surface area contributed by atoms with Crippen molar-refractivity contribution in [3.8, 4) is 5.75 Å². The van der Waals surface area contributed by atoms with Crippen LogP contribution in [-0.2, 0) is 13.0 Å². The third kappa shape index (κ3) is 2.50. The maximum absolute atomic E-state index is 11.7. The number of hydrogen-bond acceptors (Lipinski definition) is 4. The Bertz CT molecular complexity index is 654. The molecule has 0 N–H and O–H groups in total. The van der Waals surface area contributed by atoms with E-state index in [9.17, 15) is 9.59 Å². The van der Waals surface area contributed by atoms with Crippen LogP contribution in [0.15, 0.2) is 34.7 Å². The van der Waals surface area contributed by atoms with Gasteiger partial charge in [0.25, 0.3) is 0 Å². The minimum absolute atomic E-state index is 0.208. The minimum Gasteiger partial charge on any atom is -0.486 e. The Balaban J connectivity index is 1.71. The Hall–Kier alpha value is -2.36. The Labute approximate surface area is 116 Å². The van der Waals surface area contributed by atoms with E-state index in [0.717, 1.165) is 24.0 Å². The second-order valence-electron chi connectivity index (χ2n) is 4.81. The molecular formula is C16H14O4. The summed E-state index contributed by atoms with van der Waals surface area (Å²) in [5, 5.41) is 0. The number of fused-ring (bicyclic) bond motifs is 1. The van der Waals surface area contributed by atoms with Crippen LogP contribution in [0.2, 0.25) is 0 Å². The summed E-state index contributed by atoms with van der Waals surface area (Å²) in [6.07, 6.45) is 3.10. The second-order valence-corrected chi connectivity index (χ2v) is 4.81. The highest BCUT2D eigenvalue weighted by Gasteiger charge is 2.17. The van der Waals surface area contributed by atoms with Crippen LogP contribution >= 0.6 is 0 Å². The van der Waals surface area contributed by atoms with Crippen LogP contribution < -0.4 is 4.74 Å². The minimum atomic E-state index is 0.208. The zero-order valence-corrected chi connectivity index (χ0v) is 10.9. The van der Waals surface area contributed by atoms with Gasteiger partial charge in [-0.05, 0) is 48.7 Å². The number of Topliss-reactive ketones (excluding diaryl/α,β-unsaturated/α-hetero) is 1. The summed E-state index contributed by atoms with van der Waals surface area (Å²) < 4.78 is 10.9. The molecule has 0 radical (unpaired) electrons. The molecule has 1 aliphatic rings. The van der Waals surface area contributed by atoms with Crippen molar-refractivity contribution in [1.82, 2.24) is 0 Å². The number of carbonyl (C=O) groups is 2. The molecule has 0 spiro atoms. The quantitative estimate of drug-likeness (QED) is 0.800. The first-order valence-electron chi connectivity index (χ1n) is 6.59. The molecule has 4 heteroatoms. The number of ketones is 1. The maximum atomic E-state index is 11.7. The van der Waals surface area contributed by atoms with Gasteiger partial charge in [0.15, 0.2) is 17.8 Å². The highest BCUT2D eigenvalue weighted by Crippen LogP contribution is 2.26. The average molecular weight is 270 g/mol. The number of carbonyl (C=O) groups excluding carboxylic acids is 2. The Morgan fingerprint density at radius 2 is 2.10 bits per heavy atom. The molecule has 102 valence electrons. The Morgan fingerprint density at radius 3 is 2.90 bits per heavy atom. The summed E-state index contributed by atoms with van der Waals surface area (Å²) >= 11 is 0. The monoisotopic (exact) mass is 270 g/mol. The summed E-state index contributed by atoms with van der Waals surface area (Å²) in [5.41, 5.74) is 1.86. The molecule has 1 aliphatic carbocycles. The Morgan fingerprint density at radius 1 is 1.20 bits per heavy atom. The summed E-state index contributed by atoms with van der Waals surface area (Å²) in [6, 6.07) is 8.86. The summed E-state index contributed by atoms with van der Waals surface area (Å²) in [6.45, 7) is 0.264. The first-order valence-corrected chi connectivity index (χ1v) is 6.59. The van der Waals surface area contributed by atoms with Gasteiger partial charge in [0.2, 0.25) is 0 Å². The molecule has 2 aromatic rings. The van der Waals surface area contributed by atoms with Crippen molar-refractivity contribution in [2.75, 3.05) is 0 Å². The molecule has 1 aromatic heterocycles. The molecule has 0 amide bonds. The molecule has 0 aliphatic heterocycles. The highest BCUT2D eigenvalue weighted by atomic mass is 16.5. The first kappa shape index (κ1) is 12.7. The van der Waals surface area contributed by atoms with E-state index < -0.39 is 0 Å². The molecule has 1 heterocycles. The van der Waals surface area contributed by atoms with E-state index in [-0.39, 0.29) is 12.4 Å². The number of benzene rings is 1. The van der Waals surface area contributed by atoms with E-state index in [4.69, 9.17) is 9.15 Å². The lowest BCUT2D eigenvalue weighted by Crippen LogP contribution is -2.10. The number of ether oxygens (including phenoxy) is 1. The molecule has 0 fully saturated rings. The highest BCUT2D eigenvalue weighted by molar-refractivity contribution is 5.98. The summed E-state index contributed by atoms with van der Waals surface area (Å²) in [4.78, 5) is 22.2. The third-order valence-electron chi connectivity index (χ3n) is 3.41. The van der Waals surface area contributed by atoms with Crippen LogP contribution in [0.5, 0.6) is 5.75 Å². The fraction of sp³-hybridized carbons (Fsp3) is 0.250. The first-order chi connectivity index (χ1) is 9.76. The van der Waals surface area contributed by atoms with Crippen LogP contribution in [0.4, 0.5) is 0 Å². The van der Waals surface area contributed by atoms with Gasteiger partial charge in [-0.1, -0.05) is 0 Å². The molecule has 0 atom stereocenters. The van der Waals surface area contributed by atoms with Gasteiger partial charge in [0, 0.05) is 12.0 Å². The fourth-order valence-electron chi connectivity index (χ4n) is 2.40. The lowest BCUT2D eigenvalue weighted by atomic mass is 9.91. The number of furan rings is 1. The van der Waals surface area contributed by atoms with Gasteiger partial charge in [-0.25, -0.2) is 0 Å². The predicted octanol–water partition coefficient (Wildman–Crippen LogP) is 3.19. The Kier molecular flexibility index (Phi) is 3.37. The standard InChI is InChI=1S/C16H14O4/c17-9-13-4-5-14(20-13)10-19-12-6-7-15-11(8-12)2-1-3-16(15)18/h4-9H,1-3,10H2. The maximum Gasteiger partial charge on any atom is 0.185 e. The van der Waals surface area contributed by atoms with E-state index in [0.29, 0.717) is 30.0 Å². The van der Waals surface area contributed by atoms with E-state index >= 15 is 0 Å². The molecule has 3 rings (SSSR count). The molecule has 0 saturated carbocycles. The lowest BCUT2D eigenvalue weighted by molar-refractivity contribution is 0.0972. The number of aldehydes is 1. The predicted molar refractivity (Wildman–Crippen MR) is 72.1 cm³/mol. The smallest absolute Gasteiger partial charge is 0.185 e. The largest absolute Gasteiger partial charge is 0.486 e. The molecule has 4 nitrogen and oxygen atoms in total. The molecule has 0 saturated heterocycles. The molecule has 0 bridgehead atoms. The van der Waals surface area contributed by atoms with Gasteiger partial charge in [-0.15, -0.1) is 0 Å². The van der Waals surface area contributed by atoms with Crippen LogP contribution in [0.1, 0.15) is 45.1 Å². The number of aryl methyl sites for hydroxylation is 1. The van der Waals surface area contributed by atoms with Crippen molar-refractivity contribution in [3.05, 3.63) is 53.0 Å². The number of rotatable bonds is 4. The van der Waals surface area contributed by atoms with Crippen molar-refractivity contribution >= 4 is 12.1 Å². The summed E-state index contributed by atoms with van der Waals surface area (Å²) in [7, 11) is 0. The zero-order chi connectivity index (χ0) is 13.9. The van der Waals surface area contributed by atoms with Gasteiger partial charge in [0.1, 0.15) is 18.1 Å². The van der Waals surface area contributed by atoms with Crippen molar-refractivity contribution in [2.45, 2.75) is 25.9 Å². The van der Waals surface area contributed by atoms with Crippen molar-refractivity contribution in [1.29, 1.82) is 0 Å². The average Bonchev–Trinajstić information content (AvgIpc) is 2.93. The van der Waals surface area contributed by atoms with Crippen LogP contribution in [-0.4, -0.2) is 12.1 Å². The molecule has 0 unspecified atom stereocenters. The molecule has 1 aromatic carbocycles. The third-order valence-corrected chi connectivity index (χ3v) is 3.41. The van der Waals surface area contributed by atoms with Gasteiger partial charge in [-0.2, -0.15) is 0 Å². The van der Waals surface area contributed by atoms with Crippen LogP contribution in [0.3, 0.4) is 0 Å².